The molecule has 0 radical (unpaired) electrons. The molecule has 6 heteroatoms. The summed E-state index contributed by atoms with van der Waals surface area (Å²) in [5.41, 5.74) is 3.35. The van der Waals surface area contributed by atoms with E-state index in [1.165, 1.54) is 11.3 Å². The van der Waals surface area contributed by atoms with Gasteiger partial charge in [0.05, 0.1) is 17.7 Å². The number of nitrogens with one attached hydrogen (secondary N) is 1. The second kappa shape index (κ2) is 4.73. The first-order valence-electron chi connectivity index (χ1n) is 6.94. The monoisotopic (exact) mass is 281 g/mol. The van der Waals surface area contributed by atoms with Crippen molar-refractivity contribution in [2.45, 2.75) is 12.3 Å². The lowest BCUT2D eigenvalue weighted by atomic mass is 9.94. The Morgan fingerprint density at radius 1 is 1.33 bits per heavy atom. The van der Waals surface area contributed by atoms with Crippen LogP contribution in [0.4, 0.5) is 5.69 Å². The highest BCUT2D eigenvalue weighted by atomic mass is 16.5. The van der Waals surface area contributed by atoms with Gasteiger partial charge in [-0.15, -0.1) is 0 Å². The number of aryl methyl sites for hydroxylation is 1. The van der Waals surface area contributed by atoms with Crippen LogP contribution in [0.15, 0.2) is 41.2 Å². The molecule has 3 heterocycles. The van der Waals surface area contributed by atoms with Crippen molar-refractivity contribution in [1.29, 1.82) is 0 Å². The van der Waals surface area contributed by atoms with Crippen molar-refractivity contribution in [3.63, 3.8) is 0 Å². The van der Waals surface area contributed by atoms with E-state index in [4.69, 9.17) is 4.52 Å². The zero-order valence-corrected chi connectivity index (χ0v) is 11.7. The normalized spacial score (nSPS) is 17.3. The quantitative estimate of drug-likeness (QED) is 0.780. The summed E-state index contributed by atoms with van der Waals surface area (Å²) in [7, 11) is 1.87. The van der Waals surface area contributed by atoms with Gasteiger partial charge in [-0.1, -0.05) is 23.4 Å². The molecule has 1 N–H and O–H groups in total. The zero-order valence-electron chi connectivity index (χ0n) is 11.7. The van der Waals surface area contributed by atoms with Gasteiger partial charge in [0.2, 0.25) is 11.7 Å². The van der Waals surface area contributed by atoms with Crippen molar-refractivity contribution in [2.24, 2.45) is 7.05 Å². The average Bonchev–Trinajstić information content (AvgIpc) is 3.15. The van der Waals surface area contributed by atoms with E-state index in [0.29, 0.717) is 11.7 Å². The molecular weight excluding hydrogens is 266 g/mol. The lowest BCUT2D eigenvalue weighted by Gasteiger charge is -2.23. The second-order valence-electron chi connectivity index (χ2n) is 5.30. The highest BCUT2D eigenvalue weighted by Gasteiger charge is 2.24. The van der Waals surface area contributed by atoms with Crippen LogP contribution < -0.4 is 5.32 Å². The molecule has 1 unspecified atom stereocenters. The number of anilines is 1. The SMILES string of the molecule is Cn1cc(-c2noc(C3CNc4ccccc4C3)n2)cn1. The smallest absolute Gasteiger partial charge is 0.232 e. The Bertz CT molecular complexity index is 776. The summed E-state index contributed by atoms with van der Waals surface area (Å²) >= 11 is 0. The minimum absolute atomic E-state index is 0.206. The summed E-state index contributed by atoms with van der Waals surface area (Å²) in [5, 5.41) is 11.6. The molecular formula is C15H15N5O. The number of para-hydroxylation sites is 1. The van der Waals surface area contributed by atoms with Crippen molar-refractivity contribution in [2.75, 3.05) is 11.9 Å². The summed E-state index contributed by atoms with van der Waals surface area (Å²) < 4.78 is 7.17. The van der Waals surface area contributed by atoms with Crippen LogP contribution >= 0.6 is 0 Å². The standard InChI is InChI=1S/C15H15N5O/c1-20-9-12(8-17-20)14-18-15(21-19-14)11-6-10-4-2-3-5-13(10)16-7-11/h2-5,8-9,11,16H,6-7H2,1H3. The molecule has 0 fully saturated rings. The van der Waals surface area contributed by atoms with Gasteiger partial charge in [0.25, 0.3) is 0 Å². The summed E-state index contributed by atoms with van der Waals surface area (Å²) in [4.78, 5) is 4.52. The predicted octanol–water partition coefficient (Wildman–Crippen LogP) is 2.22. The maximum Gasteiger partial charge on any atom is 0.232 e. The number of hydrogen-bond acceptors (Lipinski definition) is 5. The Morgan fingerprint density at radius 3 is 3.10 bits per heavy atom. The van der Waals surface area contributed by atoms with Gasteiger partial charge in [0, 0.05) is 25.5 Å². The first-order chi connectivity index (χ1) is 10.3. The fourth-order valence-corrected chi connectivity index (χ4v) is 2.67. The topological polar surface area (TPSA) is 68.8 Å². The Labute approximate surface area is 121 Å². The van der Waals surface area contributed by atoms with E-state index in [1.54, 1.807) is 10.9 Å². The van der Waals surface area contributed by atoms with Crippen molar-refractivity contribution in [3.05, 3.63) is 48.1 Å². The first-order valence-corrected chi connectivity index (χ1v) is 6.94. The minimum Gasteiger partial charge on any atom is -0.384 e. The Kier molecular flexibility index (Phi) is 2.73. The number of rotatable bonds is 2. The van der Waals surface area contributed by atoms with Gasteiger partial charge in [0.15, 0.2) is 0 Å². The van der Waals surface area contributed by atoms with E-state index < -0.39 is 0 Å². The van der Waals surface area contributed by atoms with Crippen LogP contribution in [0.5, 0.6) is 0 Å². The van der Waals surface area contributed by atoms with E-state index >= 15 is 0 Å². The molecule has 3 aromatic rings. The van der Waals surface area contributed by atoms with Crippen molar-refractivity contribution >= 4 is 5.69 Å². The minimum atomic E-state index is 0.206. The molecule has 21 heavy (non-hydrogen) atoms. The predicted molar refractivity (Wildman–Crippen MR) is 77.9 cm³/mol. The molecule has 0 spiro atoms. The molecule has 1 aliphatic rings. The fourth-order valence-electron chi connectivity index (χ4n) is 2.67. The number of aromatic nitrogens is 4. The van der Waals surface area contributed by atoms with Crippen LogP contribution in [-0.2, 0) is 13.5 Å². The van der Waals surface area contributed by atoms with E-state index in [1.807, 2.05) is 19.3 Å². The van der Waals surface area contributed by atoms with Gasteiger partial charge in [0.1, 0.15) is 0 Å². The third-order valence-corrected chi connectivity index (χ3v) is 3.78. The van der Waals surface area contributed by atoms with Crippen LogP contribution in [0.3, 0.4) is 0 Å². The molecule has 0 aliphatic carbocycles. The summed E-state index contributed by atoms with van der Waals surface area (Å²) in [6.45, 7) is 0.811. The van der Waals surface area contributed by atoms with Crippen LogP contribution in [0, 0.1) is 0 Å². The Hall–Kier alpha value is -2.63. The van der Waals surface area contributed by atoms with Crippen molar-refractivity contribution in [3.8, 4) is 11.4 Å². The summed E-state index contributed by atoms with van der Waals surface area (Å²) in [6, 6.07) is 8.32. The van der Waals surface area contributed by atoms with E-state index in [9.17, 15) is 0 Å². The van der Waals surface area contributed by atoms with Crippen LogP contribution in [0.2, 0.25) is 0 Å². The molecule has 106 valence electrons. The molecule has 0 amide bonds. The third-order valence-electron chi connectivity index (χ3n) is 3.78. The maximum atomic E-state index is 5.44. The summed E-state index contributed by atoms with van der Waals surface area (Å²) in [6.07, 6.45) is 4.53. The molecule has 4 rings (SSSR count). The number of benzene rings is 1. The van der Waals surface area contributed by atoms with Crippen LogP contribution in [0.1, 0.15) is 17.4 Å². The molecule has 1 aromatic carbocycles. The maximum absolute atomic E-state index is 5.44. The van der Waals surface area contributed by atoms with Gasteiger partial charge < -0.3 is 9.84 Å². The number of hydrogen-bond donors (Lipinski definition) is 1. The number of nitrogens with zero attached hydrogens (tertiary/aromatic N) is 4. The molecule has 6 nitrogen and oxygen atoms in total. The van der Waals surface area contributed by atoms with Gasteiger partial charge in [-0.2, -0.15) is 10.1 Å². The largest absolute Gasteiger partial charge is 0.384 e. The van der Waals surface area contributed by atoms with E-state index in [-0.39, 0.29) is 5.92 Å². The van der Waals surface area contributed by atoms with Crippen LogP contribution in [0.25, 0.3) is 11.4 Å². The van der Waals surface area contributed by atoms with Gasteiger partial charge in [-0.3, -0.25) is 4.68 Å². The Balaban J connectivity index is 1.60. The molecule has 1 aliphatic heterocycles. The fraction of sp³-hybridized carbons (Fsp3) is 0.267. The average molecular weight is 281 g/mol. The van der Waals surface area contributed by atoms with E-state index in [0.717, 1.165) is 18.5 Å². The zero-order chi connectivity index (χ0) is 14.2. The first kappa shape index (κ1) is 12.1. The Morgan fingerprint density at radius 2 is 2.24 bits per heavy atom. The van der Waals surface area contributed by atoms with Gasteiger partial charge in [-0.05, 0) is 18.1 Å². The molecule has 0 saturated carbocycles. The molecule has 1 atom stereocenters. The van der Waals surface area contributed by atoms with Crippen molar-refractivity contribution < 1.29 is 4.52 Å². The summed E-state index contributed by atoms with van der Waals surface area (Å²) in [5.74, 6) is 1.48. The van der Waals surface area contributed by atoms with Crippen molar-refractivity contribution in [1.82, 2.24) is 19.9 Å². The van der Waals surface area contributed by atoms with Gasteiger partial charge in [-0.25, -0.2) is 0 Å². The molecule has 2 aromatic heterocycles. The lowest BCUT2D eigenvalue weighted by molar-refractivity contribution is 0.354. The lowest BCUT2D eigenvalue weighted by Crippen LogP contribution is -2.21. The molecule has 0 saturated heterocycles. The second-order valence-corrected chi connectivity index (χ2v) is 5.30. The van der Waals surface area contributed by atoms with Crippen LogP contribution in [-0.4, -0.2) is 26.5 Å². The van der Waals surface area contributed by atoms with E-state index in [2.05, 4.69) is 38.8 Å². The van der Waals surface area contributed by atoms with Gasteiger partial charge >= 0.3 is 0 Å². The molecule has 0 bridgehead atoms. The highest BCUT2D eigenvalue weighted by Crippen LogP contribution is 2.30. The highest BCUT2D eigenvalue weighted by molar-refractivity contribution is 5.54. The third kappa shape index (κ3) is 2.18. The number of fused-ring (bicyclic) bond motifs is 1.